The first-order valence-electron chi connectivity index (χ1n) is 4.30. The number of alkyl halides is 1. The van der Waals surface area contributed by atoms with Gasteiger partial charge in [0.05, 0.1) is 5.38 Å². The molecule has 0 bridgehead atoms. The van der Waals surface area contributed by atoms with Gasteiger partial charge in [-0.1, -0.05) is 6.92 Å². The van der Waals surface area contributed by atoms with Gasteiger partial charge in [0.25, 0.3) is 0 Å². The predicted octanol–water partition coefficient (Wildman–Crippen LogP) is 3.30. The first kappa shape index (κ1) is 12.0. The van der Waals surface area contributed by atoms with Crippen LogP contribution in [0.25, 0.3) is 0 Å². The first-order valence-corrected chi connectivity index (χ1v) is 4.73. The van der Waals surface area contributed by atoms with Crippen LogP contribution in [0.1, 0.15) is 23.7 Å². The molecule has 0 fully saturated rings. The summed E-state index contributed by atoms with van der Waals surface area (Å²) in [4.78, 5) is 11.4. The number of halogens is 4. The average Bonchev–Trinajstić information content (AvgIpc) is 2.23. The van der Waals surface area contributed by atoms with Gasteiger partial charge in [0.2, 0.25) is 0 Å². The molecule has 0 spiro atoms. The van der Waals surface area contributed by atoms with E-state index in [0.29, 0.717) is 18.6 Å². The molecular weight excluding hydrogens is 229 g/mol. The number of Topliss-reactive ketones (excluding diaryl/α,β-unsaturated/α-hetero) is 1. The van der Waals surface area contributed by atoms with Gasteiger partial charge in [0, 0.05) is 5.56 Å². The van der Waals surface area contributed by atoms with Crippen LogP contribution < -0.4 is 0 Å². The zero-order chi connectivity index (χ0) is 11.6. The van der Waals surface area contributed by atoms with Crippen LogP contribution in [0, 0.1) is 17.5 Å². The molecule has 0 aliphatic heterocycles. The molecule has 0 saturated carbocycles. The zero-order valence-corrected chi connectivity index (χ0v) is 8.62. The van der Waals surface area contributed by atoms with Crippen LogP contribution in [0.3, 0.4) is 0 Å². The van der Waals surface area contributed by atoms with E-state index in [2.05, 4.69) is 0 Å². The Balaban J connectivity index is 3.12. The highest BCUT2D eigenvalue weighted by molar-refractivity contribution is 6.33. The summed E-state index contributed by atoms with van der Waals surface area (Å²) in [6.45, 7) is 1.66. The standard InChI is InChI=1S/C10H8ClF3O/c1-2-6(11)10(15)5-3-7(12)9(14)8(13)4-5/h3-4,6H,2H2,1H3. The third kappa shape index (κ3) is 2.50. The molecule has 1 unspecified atom stereocenters. The SMILES string of the molecule is CCC(Cl)C(=O)c1cc(F)c(F)c(F)c1. The van der Waals surface area contributed by atoms with Crippen molar-refractivity contribution in [2.45, 2.75) is 18.7 Å². The lowest BCUT2D eigenvalue weighted by Gasteiger charge is -2.06. The van der Waals surface area contributed by atoms with Gasteiger partial charge in [-0.3, -0.25) is 4.79 Å². The van der Waals surface area contributed by atoms with Crippen LogP contribution in [0.2, 0.25) is 0 Å². The third-order valence-corrected chi connectivity index (χ3v) is 2.42. The number of ketones is 1. The Kier molecular flexibility index (Phi) is 3.74. The minimum atomic E-state index is -1.59. The Morgan fingerprint density at radius 1 is 1.33 bits per heavy atom. The van der Waals surface area contributed by atoms with E-state index in [1.807, 2.05) is 0 Å². The number of carbonyl (C=O) groups is 1. The topological polar surface area (TPSA) is 17.1 Å². The van der Waals surface area contributed by atoms with Crippen LogP contribution in [0.4, 0.5) is 13.2 Å². The van der Waals surface area contributed by atoms with Gasteiger partial charge in [-0.2, -0.15) is 0 Å². The van der Waals surface area contributed by atoms with Crippen molar-refractivity contribution < 1.29 is 18.0 Å². The van der Waals surface area contributed by atoms with E-state index in [4.69, 9.17) is 11.6 Å². The van der Waals surface area contributed by atoms with E-state index in [-0.39, 0.29) is 5.56 Å². The van der Waals surface area contributed by atoms with E-state index in [1.54, 1.807) is 6.92 Å². The minimum absolute atomic E-state index is 0.256. The Bertz CT molecular complexity index is 369. The quantitative estimate of drug-likeness (QED) is 0.447. The molecule has 0 amide bonds. The number of hydrogen-bond acceptors (Lipinski definition) is 1. The molecule has 15 heavy (non-hydrogen) atoms. The van der Waals surface area contributed by atoms with E-state index in [9.17, 15) is 18.0 Å². The average molecular weight is 237 g/mol. The van der Waals surface area contributed by atoms with Crippen LogP contribution in [-0.4, -0.2) is 11.2 Å². The highest BCUT2D eigenvalue weighted by atomic mass is 35.5. The summed E-state index contributed by atoms with van der Waals surface area (Å²) < 4.78 is 38.1. The Hall–Kier alpha value is -1.03. The fourth-order valence-electron chi connectivity index (χ4n) is 1.06. The van der Waals surface area contributed by atoms with Crippen LogP contribution in [0.15, 0.2) is 12.1 Å². The maximum absolute atomic E-state index is 12.8. The van der Waals surface area contributed by atoms with E-state index >= 15 is 0 Å². The van der Waals surface area contributed by atoms with Crippen molar-refractivity contribution in [3.63, 3.8) is 0 Å². The highest BCUT2D eigenvalue weighted by Gasteiger charge is 2.19. The summed E-state index contributed by atoms with van der Waals surface area (Å²) in [7, 11) is 0. The summed E-state index contributed by atoms with van der Waals surface area (Å²) in [5.41, 5.74) is -0.256. The molecule has 1 aromatic carbocycles. The molecule has 0 radical (unpaired) electrons. The molecular formula is C10H8ClF3O. The largest absolute Gasteiger partial charge is 0.293 e. The molecule has 1 aromatic rings. The number of carbonyl (C=O) groups excluding carboxylic acids is 1. The van der Waals surface area contributed by atoms with Gasteiger partial charge < -0.3 is 0 Å². The predicted molar refractivity (Wildman–Crippen MR) is 50.6 cm³/mol. The van der Waals surface area contributed by atoms with Crippen LogP contribution in [-0.2, 0) is 0 Å². The zero-order valence-electron chi connectivity index (χ0n) is 7.86. The molecule has 0 heterocycles. The second-order valence-electron chi connectivity index (χ2n) is 2.99. The van der Waals surface area contributed by atoms with Gasteiger partial charge in [0.15, 0.2) is 23.2 Å². The van der Waals surface area contributed by atoms with Crippen LogP contribution in [0.5, 0.6) is 0 Å². The molecule has 0 aliphatic rings. The van der Waals surface area contributed by atoms with Crippen molar-refractivity contribution in [1.82, 2.24) is 0 Å². The lowest BCUT2D eigenvalue weighted by Crippen LogP contribution is -2.14. The molecule has 1 rings (SSSR count). The summed E-state index contributed by atoms with van der Waals surface area (Å²) in [6.07, 6.45) is 0.334. The van der Waals surface area contributed by atoms with Crippen molar-refractivity contribution >= 4 is 17.4 Å². The number of benzene rings is 1. The fourth-order valence-corrected chi connectivity index (χ4v) is 1.19. The van der Waals surface area contributed by atoms with Gasteiger partial charge in [0.1, 0.15) is 0 Å². The Labute approximate surface area is 89.9 Å². The minimum Gasteiger partial charge on any atom is -0.293 e. The maximum Gasteiger partial charge on any atom is 0.194 e. The second-order valence-corrected chi connectivity index (χ2v) is 3.52. The molecule has 1 nitrogen and oxygen atoms in total. The number of rotatable bonds is 3. The number of hydrogen-bond donors (Lipinski definition) is 0. The van der Waals surface area contributed by atoms with Crippen molar-refractivity contribution in [1.29, 1.82) is 0 Å². The van der Waals surface area contributed by atoms with Crippen molar-refractivity contribution in [2.75, 3.05) is 0 Å². The lowest BCUT2D eigenvalue weighted by atomic mass is 10.1. The second kappa shape index (κ2) is 4.66. The maximum atomic E-state index is 12.8. The smallest absolute Gasteiger partial charge is 0.194 e. The summed E-state index contributed by atoms with van der Waals surface area (Å²) in [5, 5.41) is -0.853. The van der Waals surface area contributed by atoms with Gasteiger partial charge in [-0.25, -0.2) is 13.2 Å². The van der Waals surface area contributed by atoms with Gasteiger partial charge in [-0.15, -0.1) is 11.6 Å². The molecule has 0 aliphatic carbocycles. The first-order chi connectivity index (χ1) is 6.97. The van der Waals surface area contributed by atoms with E-state index < -0.39 is 28.6 Å². The Morgan fingerprint density at radius 3 is 2.20 bits per heavy atom. The van der Waals surface area contributed by atoms with Gasteiger partial charge in [-0.05, 0) is 18.6 Å². The third-order valence-electron chi connectivity index (χ3n) is 1.91. The molecule has 82 valence electrons. The Morgan fingerprint density at radius 2 is 1.80 bits per heavy atom. The molecule has 1 atom stereocenters. The molecule has 0 saturated heterocycles. The highest BCUT2D eigenvalue weighted by Crippen LogP contribution is 2.17. The van der Waals surface area contributed by atoms with Crippen molar-refractivity contribution in [2.24, 2.45) is 0 Å². The molecule has 0 aromatic heterocycles. The van der Waals surface area contributed by atoms with E-state index in [1.165, 1.54) is 0 Å². The van der Waals surface area contributed by atoms with Crippen molar-refractivity contribution in [3.8, 4) is 0 Å². The van der Waals surface area contributed by atoms with Crippen LogP contribution >= 0.6 is 11.6 Å². The summed E-state index contributed by atoms with van der Waals surface area (Å²) >= 11 is 5.61. The summed E-state index contributed by atoms with van der Waals surface area (Å²) in [6, 6.07) is 1.29. The molecule has 0 N–H and O–H groups in total. The lowest BCUT2D eigenvalue weighted by molar-refractivity contribution is 0.0984. The monoisotopic (exact) mass is 236 g/mol. The van der Waals surface area contributed by atoms with E-state index in [0.717, 1.165) is 0 Å². The fraction of sp³-hybridized carbons (Fsp3) is 0.300. The normalized spacial score (nSPS) is 12.6. The van der Waals surface area contributed by atoms with Crippen molar-refractivity contribution in [3.05, 3.63) is 35.1 Å². The van der Waals surface area contributed by atoms with Gasteiger partial charge >= 0.3 is 0 Å². The summed E-state index contributed by atoms with van der Waals surface area (Å²) in [5.74, 6) is -4.98. The molecule has 5 heteroatoms.